The summed E-state index contributed by atoms with van der Waals surface area (Å²) in [6.07, 6.45) is 0. The number of hydrogen-bond acceptors (Lipinski definition) is 2. The van der Waals surface area contributed by atoms with Crippen molar-refractivity contribution in [1.29, 1.82) is 0 Å². The van der Waals surface area contributed by atoms with E-state index in [0.717, 1.165) is 33.8 Å². The number of benzene rings is 3. The molecule has 0 aliphatic carbocycles. The molecule has 1 heterocycles. The number of rotatable bonds is 5. The largest absolute Gasteiger partial charge is 0.508 e. The molecule has 1 atom stereocenters. The third-order valence-corrected chi connectivity index (χ3v) is 5.58. The van der Waals surface area contributed by atoms with Gasteiger partial charge in [-0.1, -0.05) is 54.1 Å². The number of phenols is 1. The summed E-state index contributed by atoms with van der Waals surface area (Å²) >= 11 is 6.22. The predicted octanol–water partition coefficient (Wildman–Crippen LogP) is 6.07. The van der Waals surface area contributed by atoms with E-state index in [1.807, 2.05) is 61.5 Å². The molecule has 0 saturated carbocycles. The fraction of sp³-hybridized carbons (Fsp3) is 0.120. The number of aryl methyl sites for hydroxylation is 1. The van der Waals surface area contributed by atoms with Gasteiger partial charge in [0, 0.05) is 22.0 Å². The second kappa shape index (κ2) is 7.69. The third-order valence-electron chi connectivity index (χ3n) is 5.32. The highest BCUT2D eigenvalue weighted by atomic mass is 35.5. The fourth-order valence-corrected chi connectivity index (χ4v) is 4.15. The Balaban J connectivity index is 2.16. The van der Waals surface area contributed by atoms with Crippen LogP contribution in [0.2, 0.25) is 5.02 Å². The molecule has 0 spiro atoms. The highest BCUT2D eigenvalue weighted by molar-refractivity contribution is 6.30. The smallest absolute Gasteiger partial charge is 0.123 e. The molecule has 0 aliphatic heterocycles. The Bertz CT molecular complexity index is 1070. The molecule has 0 bridgehead atoms. The van der Waals surface area contributed by atoms with Crippen LogP contribution in [0.15, 0.2) is 84.9 Å². The van der Waals surface area contributed by atoms with Gasteiger partial charge >= 0.3 is 0 Å². The van der Waals surface area contributed by atoms with Crippen molar-refractivity contribution in [2.45, 2.75) is 12.3 Å². The summed E-state index contributed by atoms with van der Waals surface area (Å²) in [5.74, 6) is 1.00. The summed E-state index contributed by atoms with van der Waals surface area (Å²) < 4.78 is 5.78. The van der Waals surface area contributed by atoms with Crippen LogP contribution in [0, 0.1) is 6.92 Å². The highest BCUT2D eigenvalue weighted by Crippen LogP contribution is 2.48. The topological polar surface area (TPSA) is 45.2 Å². The zero-order valence-corrected chi connectivity index (χ0v) is 17.1. The van der Waals surface area contributed by atoms with Crippen molar-refractivity contribution >= 4 is 11.6 Å². The molecule has 29 heavy (non-hydrogen) atoms. The summed E-state index contributed by atoms with van der Waals surface area (Å²) in [7, 11) is 1.68. The number of ether oxygens (including phenoxy) is 1. The molecule has 0 saturated heterocycles. The van der Waals surface area contributed by atoms with Crippen LogP contribution in [0.5, 0.6) is 11.5 Å². The first-order chi connectivity index (χ1) is 14.1. The molecule has 4 aromatic rings. The lowest BCUT2D eigenvalue weighted by Gasteiger charge is -2.36. The first-order valence-electron chi connectivity index (χ1n) is 9.41. The van der Waals surface area contributed by atoms with Crippen molar-refractivity contribution in [1.82, 2.24) is 4.98 Å². The van der Waals surface area contributed by atoms with Gasteiger partial charge in [-0.15, -0.1) is 0 Å². The molecular weight excluding hydrogens is 382 g/mol. The number of phenolic OH excluding ortho intramolecular Hbond substituents is 1. The van der Waals surface area contributed by atoms with Gasteiger partial charge < -0.3 is 14.8 Å². The predicted molar refractivity (Wildman–Crippen MR) is 117 cm³/mol. The molecule has 0 aliphatic rings. The molecule has 3 nitrogen and oxygen atoms in total. The van der Waals surface area contributed by atoms with Crippen molar-refractivity contribution in [3.05, 3.63) is 118 Å². The minimum Gasteiger partial charge on any atom is -0.508 e. The number of aromatic amines is 1. The number of aromatic hydroxyl groups is 1. The van der Waals surface area contributed by atoms with E-state index >= 15 is 0 Å². The van der Waals surface area contributed by atoms with E-state index in [2.05, 4.69) is 23.2 Å². The lowest BCUT2D eigenvalue weighted by atomic mass is 9.67. The number of aromatic nitrogens is 1. The number of nitrogens with one attached hydrogen (secondary N) is 1. The third kappa shape index (κ3) is 3.28. The maximum atomic E-state index is 9.93. The SMILES string of the molecule is COc1ccccc1[C@](c1ccc(O)cc1)(c1ccc(Cl)cc1)c1ccc(C)[nH]1. The van der Waals surface area contributed by atoms with Gasteiger partial charge in [-0.05, 0) is 60.5 Å². The van der Waals surface area contributed by atoms with E-state index in [1.54, 1.807) is 19.2 Å². The zero-order valence-electron chi connectivity index (χ0n) is 16.3. The molecule has 1 aromatic heterocycles. The van der Waals surface area contributed by atoms with Gasteiger partial charge in [0.1, 0.15) is 11.5 Å². The first-order valence-corrected chi connectivity index (χ1v) is 9.78. The van der Waals surface area contributed by atoms with Crippen LogP contribution in [-0.4, -0.2) is 17.2 Å². The molecule has 2 N–H and O–H groups in total. The van der Waals surface area contributed by atoms with Crippen LogP contribution < -0.4 is 4.74 Å². The Labute approximate surface area is 175 Å². The van der Waals surface area contributed by atoms with Gasteiger partial charge in [-0.2, -0.15) is 0 Å². The van der Waals surface area contributed by atoms with E-state index in [-0.39, 0.29) is 5.75 Å². The average Bonchev–Trinajstić information content (AvgIpc) is 3.18. The summed E-state index contributed by atoms with van der Waals surface area (Å²) in [6.45, 7) is 2.04. The maximum Gasteiger partial charge on any atom is 0.123 e. The number of hydrogen-bond donors (Lipinski definition) is 2. The van der Waals surface area contributed by atoms with Gasteiger partial charge in [0.05, 0.1) is 12.5 Å². The molecule has 0 unspecified atom stereocenters. The molecule has 0 radical (unpaired) electrons. The lowest BCUT2D eigenvalue weighted by molar-refractivity contribution is 0.404. The molecule has 146 valence electrons. The fourth-order valence-electron chi connectivity index (χ4n) is 4.02. The molecule has 0 amide bonds. The summed E-state index contributed by atoms with van der Waals surface area (Å²) in [5.41, 5.74) is 4.43. The van der Waals surface area contributed by atoms with Gasteiger partial charge in [0.25, 0.3) is 0 Å². The minimum atomic E-state index is -0.681. The van der Waals surface area contributed by atoms with Crippen LogP contribution in [0.1, 0.15) is 28.1 Å². The van der Waals surface area contributed by atoms with Crippen molar-refractivity contribution in [3.63, 3.8) is 0 Å². The molecule has 4 heteroatoms. The van der Waals surface area contributed by atoms with Crippen LogP contribution in [0.3, 0.4) is 0 Å². The zero-order chi connectivity index (χ0) is 20.4. The summed E-state index contributed by atoms with van der Waals surface area (Å²) in [6, 6.07) is 27.4. The van der Waals surface area contributed by atoms with Gasteiger partial charge in [-0.25, -0.2) is 0 Å². The molecular formula is C25H22ClNO2. The monoisotopic (exact) mass is 403 g/mol. The molecule has 3 aromatic carbocycles. The average molecular weight is 404 g/mol. The second-order valence-electron chi connectivity index (χ2n) is 7.06. The van der Waals surface area contributed by atoms with E-state index in [4.69, 9.17) is 16.3 Å². The number of halogens is 1. The van der Waals surface area contributed by atoms with Crippen LogP contribution in [0.4, 0.5) is 0 Å². The van der Waals surface area contributed by atoms with Crippen molar-refractivity contribution in [3.8, 4) is 11.5 Å². The van der Waals surface area contributed by atoms with Crippen molar-refractivity contribution < 1.29 is 9.84 Å². The highest BCUT2D eigenvalue weighted by Gasteiger charge is 2.41. The van der Waals surface area contributed by atoms with Crippen LogP contribution >= 0.6 is 11.6 Å². The minimum absolute atomic E-state index is 0.224. The molecule has 0 fully saturated rings. The number of para-hydroxylation sites is 1. The lowest BCUT2D eigenvalue weighted by Crippen LogP contribution is -2.32. The van der Waals surface area contributed by atoms with Crippen molar-refractivity contribution in [2.75, 3.05) is 7.11 Å². The quantitative estimate of drug-likeness (QED) is 0.397. The molecule has 4 rings (SSSR count). The summed E-state index contributed by atoms with van der Waals surface area (Å²) in [4.78, 5) is 3.54. The number of H-pyrrole nitrogens is 1. The maximum absolute atomic E-state index is 9.93. The Hall–Kier alpha value is -3.17. The first kappa shape index (κ1) is 19.2. The Morgan fingerprint density at radius 1 is 0.828 bits per heavy atom. The van der Waals surface area contributed by atoms with Gasteiger partial charge in [0.15, 0.2) is 0 Å². The Kier molecular flexibility index (Phi) is 5.08. The van der Waals surface area contributed by atoms with Crippen LogP contribution in [0.25, 0.3) is 0 Å². The summed E-state index contributed by atoms with van der Waals surface area (Å²) in [5, 5.41) is 10.6. The number of methoxy groups -OCH3 is 1. The Morgan fingerprint density at radius 2 is 1.45 bits per heavy atom. The second-order valence-corrected chi connectivity index (χ2v) is 7.50. The van der Waals surface area contributed by atoms with E-state index in [1.165, 1.54) is 0 Å². The Morgan fingerprint density at radius 3 is 2.03 bits per heavy atom. The standard InChI is InChI=1S/C25H22ClNO2/c1-17-7-16-24(27-17)25(18-8-12-20(26)13-9-18,19-10-14-21(28)15-11-19)22-5-3-4-6-23(22)29-2/h3-16,27-28H,1-2H3/t25-/m1/s1. The van der Waals surface area contributed by atoms with E-state index in [0.29, 0.717) is 5.02 Å². The normalized spacial score (nSPS) is 13.1. The van der Waals surface area contributed by atoms with Gasteiger partial charge in [-0.3, -0.25) is 0 Å². The van der Waals surface area contributed by atoms with Crippen LogP contribution in [-0.2, 0) is 5.41 Å². The van der Waals surface area contributed by atoms with Crippen molar-refractivity contribution in [2.24, 2.45) is 0 Å². The van der Waals surface area contributed by atoms with E-state index < -0.39 is 5.41 Å². The van der Waals surface area contributed by atoms with Gasteiger partial charge in [0.2, 0.25) is 0 Å². The van der Waals surface area contributed by atoms with E-state index in [9.17, 15) is 5.11 Å².